The van der Waals surface area contributed by atoms with E-state index in [2.05, 4.69) is 4.98 Å². The zero-order valence-electron chi connectivity index (χ0n) is 17.5. The van der Waals surface area contributed by atoms with Crippen LogP contribution in [-0.2, 0) is 12.4 Å². The van der Waals surface area contributed by atoms with Crippen molar-refractivity contribution in [3.05, 3.63) is 70.5 Å². The lowest BCUT2D eigenvalue weighted by Crippen LogP contribution is -2.39. The molecule has 3 rings (SSSR count). The number of ether oxygens (including phenoxy) is 1. The zero-order valence-corrected chi connectivity index (χ0v) is 18.3. The van der Waals surface area contributed by atoms with Gasteiger partial charge in [0.05, 0.1) is 11.3 Å². The van der Waals surface area contributed by atoms with Gasteiger partial charge in [0.1, 0.15) is 11.4 Å². The van der Waals surface area contributed by atoms with Crippen molar-refractivity contribution in [1.82, 2.24) is 9.55 Å². The van der Waals surface area contributed by atoms with Crippen molar-refractivity contribution in [2.75, 3.05) is 4.90 Å². The Balaban J connectivity index is 2.23. The minimum absolute atomic E-state index is 0.0988. The van der Waals surface area contributed by atoms with Crippen LogP contribution in [0.25, 0.3) is 5.69 Å². The second-order valence-electron chi connectivity index (χ2n) is 7.31. The highest BCUT2D eigenvalue weighted by Crippen LogP contribution is 2.44. The molecule has 182 valence electrons. The fourth-order valence-electron chi connectivity index (χ4n) is 3.14. The first-order chi connectivity index (χ1) is 15.7. The van der Waals surface area contributed by atoms with E-state index < -0.39 is 52.9 Å². The molecule has 1 N–H and O–H groups in total. The van der Waals surface area contributed by atoms with Crippen molar-refractivity contribution in [3.8, 4) is 11.4 Å². The molecule has 1 amide bonds. The van der Waals surface area contributed by atoms with E-state index in [1.54, 1.807) is 0 Å². The van der Waals surface area contributed by atoms with Crippen LogP contribution in [0.4, 0.5) is 41.2 Å². The van der Waals surface area contributed by atoms with Crippen LogP contribution in [0.15, 0.2) is 48.8 Å². The number of benzene rings is 2. The number of aromatic nitrogens is 2. The molecular formula is C21H16F7N3O2S. The smallest absolute Gasteiger partial charge is 0.407 e. The van der Waals surface area contributed by atoms with Crippen molar-refractivity contribution < 1.29 is 40.3 Å². The fraction of sp³-hybridized carbons (Fsp3) is 0.238. The number of alkyl halides is 6. The highest BCUT2D eigenvalue weighted by Gasteiger charge is 2.42. The lowest BCUT2D eigenvalue weighted by Gasteiger charge is -2.27. The minimum atomic E-state index is -5.32. The molecule has 0 aliphatic heterocycles. The first-order valence-corrected chi connectivity index (χ1v) is 9.96. The van der Waals surface area contributed by atoms with E-state index in [1.165, 1.54) is 32.2 Å². The number of carbonyl (C=O) groups excluding carboxylic acids is 1. The number of H-pyrrole nitrogens is 1. The Labute approximate surface area is 193 Å². The van der Waals surface area contributed by atoms with Crippen LogP contribution in [0.1, 0.15) is 25.0 Å². The SMILES string of the molecule is CC(C)N(C(=O)Oc1c(-n2cc[nH]c2=S)cc(C(F)(F)F)cc1C(F)(F)F)c1ccc(F)cc1. The number of rotatable bonds is 4. The molecule has 0 aliphatic rings. The normalized spacial score (nSPS) is 12.2. The molecule has 0 fully saturated rings. The number of hydrogen-bond donors (Lipinski definition) is 1. The number of hydrogen-bond acceptors (Lipinski definition) is 3. The maximum atomic E-state index is 13.9. The maximum absolute atomic E-state index is 13.9. The monoisotopic (exact) mass is 507 g/mol. The van der Waals surface area contributed by atoms with Crippen molar-refractivity contribution in [2.45, 2.75) is 32.2 Å². The summed E-state index contributed by atoms with van der Waals surface area (Å²) in [5.74, 6) is -1.79. The summed E-state index contributed by atoms with van der Waals surface area (Å²) in [4.78, 5) is 16.4. The van der Waals surface area contributed by atoms with E-state index in [4.69, 9.17) is 17.0 Å². The van der Waals surface area contributed by atoms with Gasteiger partial charge in [-0.3, -0.25) is 9.47 Å². The average molecular weight is 507 g/mol. The summed E-state index contributed by atoms with van der Waals surface area (Å²) in [6.07, 6.45) is -9.48. The first kappa shape index (κ1) is 25.3. The third-order valence-electron chi connectivity index (χ3n) is 4.62. The van der Waals surface area contributed by atoms with Gasteiger partial charge < -0.3 is 9.72 Å². The summed E-state index contributed by atoms with van der Waals surface area (Å²) < 4.78 is 101. The van der Waals surface area contributed by atoms with Crippen LogP contribution < -0.4 is 9.64 Å². The van der Waals surface area contributed by atoms with E-state index in [1.807, 2.05) is 0 Å². The number of imidazole rings is 1. The number of nitrogens with one attached hydrogen (secondary N) is 1. The Hall–Kier alpha value is -3.35. The number of anilines is 1. The maximum Gasteiger partial charge on any atom is 0.420 e. The highest BCUT2D eigenvalue weighted by molar-refractivity contribution is 7.71. The van der Waals surface area contributed by atoms with Gasteiger partial charge in [0, 0.05) is 24.1 Å². The van der Waals surface area contributed by atoms with Crippen LogP contribution >= 0.6 is 12.2 Å². The largest absolute Gasteiger partial charge is 0.420 e. The Morgan fingerprint density at radius 1 is 1.06 bits per heavy atom. The number of nitrogens with zero attached hydrogens (tertiary/aromatic N) is 2. The van der Waals surface area contributed by atoms with Crippen LogP contribution in [0.2, 0.25) is 0 Å². The Kier molecular flexibility index (Phi) is 6.78. The van der Waals surface area contributed by atoms with Gasteiger partial charge in [-0.25, -0.2) is 9.18 Å². The van der Waals surface area contributed by atoms with Crippen LogP contribution in [0.3, 0.4) is 0 Å². The number of amides is 1. The molecule has 0 bridgehead atoms. The molecule has 0 spiro atoms. The minimum Gasteiger partial charge on any atom is -0.407 e. The summed E-state index contributed by atoms with van der Waals surface area (Å²) in [6.45, 7) is 3.04. The highest BCUT2D eigenvalue weighted by atomic mass is 32.1. The zero-order chi connectivity index (χ0) is 25.4. The van der Waals surface area contributed by atoms with Crippen molar-refractivity contribution in [1.29, 1.82) is 0 Å². The summed E-state index contributed by atoms with van der Waals surface area (Å²) in [7, 11) is 0. The van der Waals surface area contributed by atoms with Crippen molar-refractivity contribution >= 4 is 24.0 Å². The van der Waals surface area contributed by atoms with Gasteiger partial charge >= 0.3 is 18.4 Å². The van der Waals surface area contributed by atoms with E-state index in [9.17, 15) is 35.5 Å². The van der Waals surface area contributed by atoms with Crippen molar-refractivity contribution in [2.24, 2.45) is 0 Å². The molecule has 0 radical (unpaired) electrons. The van der Waals surface area contributed by atoms with E-state index in [0.29, 0.717) is 6.07 Å². The molecule has 2 aromatic carbocycles. The number of aromatic amines is 1. The van der Waals surface area contributed by atoms with Gasteiger partial charge in [0.25, 0.3) is 0 Å². The average Bonchev–Trinajstić information content (AvgIpc) is 3.13. The first-order valence-electron chi connectivity index (χ1n) is 9.55. The molecule has 0 saturated carbocycles. The van der Waals surface area contributed by atoms with Gasteiger partial charge in [-0.05, 0) is 62.5 Å². The predicted octanol–water partition coefficient (Wildman–Crippen LogP) is 7.13. The molecule has 1 heterocycles. The molecule has 13 heteroatoms. The summed E-state index contributed by atoms with van der Waals surface area (Å²) >= 11 is 4.95. The van der Waals surface area contributed by atoms with Crippen molar-refractivity contribution in [3.63, 3.8) is 0 Å². The topological polar surface area (TPSA) is 50.3 Å². The molecular weight excluding hydrogens is 491 g/mol. The lowest BCUT2D eigenvalue weighted by atomic mass is 10.1. The fourth-order valence-corrected chi connectivity index (χ4v) is 3.36. The second-order valence-corrected chi connectivity index (χ2v) is 7.70. The molecule has 3 aromatic rings. The van der Waals surface area contributed by atoms with Gasteiger partial charge in [0.2, 0.25) is 0 Å². The van der Waals surface area contributed by atoms with Gasteiger partial charge in [0.15, 0.2) is 10.5 Å². The van der Waals surface area contributed by atoms with Gasteiger partial charge in [-0.15, -0.1) is 0 Å². The summed E-state index contributed by atoms with van der Waals surface area (Å²) in [6, 6.07) is 4.07. The van der Waals surface area contributed by atoms with E-state index >= 15 is 0 Å². The van der Waals surface area contributed by atoms with E-state index in [0.717, 1.165) is 27.8 Å². The standard InChI is InChI=1S/C21H16F7N3O2S/c1-11(2)31(14-5-3-13(22)4-6-14)19(32)33-17-15(21(26,27)28)9-12(20(23,24)25)10-16(17)30-8-7-29-18(30)34/h3-11H,1-2H3,(H,29,34). The molecule has 1 aromatic heterocycles. The lowest BCUT2D eigenvalue weighted by molar-refractivity contribution is -0.143. The van der Waals surface area contributed by atoms with Crippen LogP contribution in [0, 0.1) is 10.6 Å². The quantitative estimate of drug-likeness (QED) is 0.302. The number of carbonyl (C=O) groups is 1. The Bertz CT molecular complexity index is 1240. The van der Waals surface area contributed by atoms with Gasteiger partial charge in [-0.2, -0.15) is 26.3 Å². The Morgan fingerprint density at radius 3 is 2.15 bits per heavy atom. The summed E-state index contributed by atoms with van der Waals surface area (Å²) in [5, 5.41) is 0. The van der Waals surface area contributed by atoms with Crippen LogP contribution in [0.5, 0.6) is 5.75 Å². The van der Waals surface area contributed by atoms with E-state index in [-0.39, 0.29) is 16.5 Å². The summed E-state index contributed by atoms with van der Waals surface area (Å²) in [5.41, 5.74) is -4.08. The van der Waals surface area contributed by atoms with Crippen LogP contribution in [-0.4, -0.2) is 21.7 Å². The Morgan fingerprint density at radius 2 is 1.68 bits per heavy atom. The molecule has 0 aliphatic carbocycles. The molecule has 5 nitrogen and oxygen atoms in total. The number of halogens is 7. The third kappa shape index (κ3) is 5.24. The third-order valence-corrected chi connectivity index (χ3v) is 4.93. The van der Waals surface area contributed by atoms with Gasteiger partial charge in [-0.1, -0.05) is 0 Å². The predicted molar refractivity (Wildman–Crippen MR) is 111 cm³/mol. The molecule has 0 saturated heterocycles. The molecule has 0 atom stereocenters. The second kappa shape index (κ2) is 9.12. The molecule has 34 heavy (non-hydrogen) atoms. The molecule has 0 unspecified atom stereocenters.